The number of hydrogen-bond acceptors (Lipinski definition) is 1. The number of hydrogen-bond donors (Lipinski definition) is 0. The summed E-state index contributed by atoms with van der Waals surface area (Å²) < 4.78 is 13.3. The highest BCUT2D eigenvalue weighted by Crippen LogP contribution is 2.39. The molecule has 0 amide bonds. The van der Waals surface area contributed by atoms with Crippen LogP contribution < -0.4 is 0 Å². The Morgan fingerprint density at radius 2 is 2.17 bits per heavy atom. The fraction of sp³-hybridized carbons (Fsp3) is 1.00. The lowest BCUT2D eigenvalue weighted by atomic mass is 10.0. The maximum Gasteiger partial charge on any atom is 0.104 e. The summed E-state index contributed by atoms with van der Waals surface area (Å²) in [6, 6.07) is 0. The smallest absolute Gasteiger partial charge is 0.104 e. The van der Waals surface area contributed by atoms with Crippen LogP contribution in [0.3, 0.4) is 0 Å². The molecule has 1 aliphatic heterocycles. The summed E-state index contributed by atoms with van der Waals surface area (Å²) in [5, 5.41) is 0. The van der Waals surface area contributed by atoms with E-state index in [9.17, 15) is 4.39 Å². The van der Waals surface area contributed by atoms with E-state index >= 15 is 0 Å². The van der Waals surface area contributed by atoms with E-state index in [1.807, 2.05) is 0 Å². The third-order valence-corrected chi connectivity index (χ3v) is 3.38. The molecule has 1 aliphatic carbocycles. The van der Waals surface area contributed by atoms with Crippen molar-refractivity contribution in [3.05, 3.63) is 0 Å². The molecule has 2 rings (SSSR count). The summed E-state index contributed by atoms with van der Waals surface area (Å²) >= 11 is 0. The highest BCUT2D eigenvalue weighted by atomic mass is 19.1. The van der Waals surface area contributed by atoms with E-state index in [4.69, 9.17) is 0 Å². The topological polar surface area (TPSA) is 3.24 Å². The molecule has 12 heavy (non-hydrogen) atoms. The van der Waals surface area contributed by atoms with Gasteiger partial charge in [-0.15, -0.1) is 0 Å². The molecule has 0 spiro atoms. The van der Waals surface area contributed by atoms with Gasteiger partial charge in [0.1, 0.15) is 6.17 Å². The van der Waals surface area contributed by atoms with E-state index in [0.29, 0.717) is 11.8 Å². The molecule has 0 bridgehead atoms. The summed E-state index contributed by atoms with van der Waals surface area (Å²) in [6.45, 7) is 5.55. The minimum absolute atomic E-state index is 0.386. The van der Waals surface area contributed by atoms with Gasteiger partial charge in [0.15, 0.2) is 0 Å². The van der Waals surface area contributed by atoms with E-state index in [0.717, 1.165) is 19.4 Å². The highest BCUT2D eigenvalue weighted by Gasteiger charge is 2.42. The van der Waals surface area contributed by atoms with Crippen LogP contribution in [0.15, 0.2) is 0 Å². The molecule has 2 fully saturated rings. The Balaban J connectivity index is 1.90. The van der Waals surface area contributed by atoms with Crippen LogP contribution in [0.1, 0.15) is 26.2 Å². The van der Waals surface area contributed by atoms with Crippen molar-refractivity contribution in [3.63, 3.8) is 0 Å². The van der Waals surface area contributed by atoms with Crippen molar-refractivity contribution in [1.82, 2.24) is 4.90 Å². The van der Waals surface area contributed by atoms with Gasteiger partial charge < -0.3 is 4.90 Å². The Morgan fingerprint density at radius 3 is 2.83 bits per heavy atom. The minimum atomic E-state index is -0.489. The largest absolute Gasteiger partial charge is 0.303 e. The average Bonchev–Trinajstić information content (AvgIpc) is 2.55. The minimum Gasteiger partial charge on any atom is -0.303 e. The van der Waals surface area contributed by atoms with Gasteiger partial charge >= 0.3 is 0 Å². The summed E-state index contributed by atoms with van der Waals surface area (Å²) in [4.78, 5) is 2.43. The molecule has 0 aromatic rings. The van der Waals surface area contributed by atoms with Crippen molar-refractivity contribution in [3.8, 4) is 0 Å². The fourth-order valence-corrected chi connectivity index (χ4v) is 2.79. The molecular formula is C10H18FN. The fourth-order valence-electron chi connectivity index (χ4n) is 2.79. The summed E-state index contributed by atoms with van der Waals surface area (Å²) in [6.07, 6.45) is 2.68. The van der Waals surface area contributed by atoms with Crippen molar-refractivity contribution in [2.45, 2.75) is 32.4 Å². The number of nitrogens with zero attached hydrogens (tertiary/aromatic N) is 1. The third-order valence-electron chi connectivity index (χ3n) is 3.38. The molecule has 0 N–H and O–H groups in total. The number of alkyl halides is 1. The van der Waals surface area contributed by atoms with Crippen LogP contribution in [-0.2, 0) is 0 Å². The molecule has 3 atom stereocenters. The van der Waals surface area contributed by atoms with Crippen LogP contribution in [0.2, 0.25) is 0 Å². The second-order valence-corrected chi connectivity index (χ2v) is 4.28. The summed E-state index contributed by atoms with van der Waals surface area (Å²) in [7, 11) is 0. The lowest BCUT2D eigenvalue weighted by Crippen LogP contribution is -2.24. The van der Waals surface area contributed by atoms with Gasteiger partial charge in [0.05, 0.1) is 0 Å². The first-order chi connectivity index (χ1) is 5.81. The van der Waals surface area contributed by atoms with E-state index in [-0.39, 0.29) is 0 Å². The standard InChI is InChI=1S/C10H18FN/c1-2-5-12-6-8-3-4-10(11)9(8)7-12/h8-10H,2-7H2,1H3. The van der Waals surface area contributed by atoms with Gasteiger partial charge in [-0.2, -0.15) is 0 Å². The van der Waals surface area contributed by atoms with Crippen LogP contribution in [0.25, 0.3) is 0 Å². The lowest BCUT2D eigenvalue weighted by molar-refractivity contribution is 0.234. The number of likely N-dealkylation sites (tertiary alicyclic amines) is 1. The van der Waals surface area contributed by atoms with Crippen LogP contribution in [-0.4, -0.2) is 30.7 Å². The predicted molar refractivity (Wildman–Crippen MR) is 47.8 cm³/mol. The van der Waals surface area contributed by atoms with Crippen molar-refractivity contribution >= 4 is 0 Å². The first-order valence-corrected chi connectivity index (χ1v) is 5.17. The molecule has 0 aromatic heterocycles. The molecule has 2 heteroatoms. The van der Waals surface area contributed by atoms with Crippen LogP contribution >= 0.6 is 0 Å². The van der Waals surface area contributed by atoms with Gasteiger partial charge in [-0.1, -0.05) is 6.92 Å². The van der Waals surface area contributed by atoms with Gasteiger partial charge in [-0.3, -0.25) is 0 Å². The maximum atomic E-state index is 13.3. The summed E-state index contributed by atoms with van der Waals surface area (Å²) in [5.74, 6) is 1.07. The zero-order chi connectivity index (χ0) is 8.55. The Labute approximate surface area is 73.9 Å². The van der Waals surface area contributed by atoms with Gasteiger partial charge in [-0.25, -0.2) is 4.39 Å². The normalized spacial score (nSPS) is 42.0. The highest BCUT2D eigenvalue weighted by molar-refractivity contribution is 4.93. The lowest BCUT2D eigenvalue weighted by Gasteiger charge is -2.15. The molecular weight excluding hydrogens is 153 g/mol. The molecule has 3 unspecified atom stereocenters. The zero-order valence-corrected chi connectivity index (χ0v) is 7.80. The van der Waals surface area contributed by atoms with Gasteiger partial charge in [-0.05, 0) is 31.7 Å². The molecule has 1 saturated heterocycles. The van der Waals surface area contributed by atoms with Gasteiger partial charge in [0.2, 0.25) is 0 Å². The van der Waals surface area contributed by atoms with Crippen LogP contribution in [0.4, 0.5) is 4.39 Å². The van der Waals surface area contributed by atoms with Crippen molar-refractivity contribution in [2.75, 3.05) is 19.6 Å². The SMILES string of the molecule is CCCN1CC2CCC(F)C2C1. The first kappa shape index (κ1) is 8.49. The van der Waals surface area contributed by atoms with Crippen molar-refractivity contribution in [1.29, 1.82) is 0 Å². The van der Waals surface area contributed by atoms with Crippen molar-refractivity contribution in [2.24, 2.45) is 11.8 Å². The predicted octanol–water partition coefficient (Wildman–Crippen LogP) is 2.08. The Morgan fingerprint density at radius 1 is 1.33 bits per heavy atom. The molecule has 0 radical (unpaired) electrons. The quantitative estimate of drug-likeness (QED) is 0.615. The van der Waals surface area contributed by atoms with E-state index in [1.165, 1.54) is 19.5 Å². The Bertz CT molecular complexity index is 160. The van der Waals surface area contributed by atoms with Gasteiger partial charge in [0.25, 0.3) is 0 Å². The third kappa shape index (κ3) is 1.37. The second kappa shape index (κ2) is 3.33. The molecule has 1 heterocycles. The zero-order valence-electron chi connectivity index (χ0n) is 7.80. The summed E-state index contributed by atoms with van der Waals surface area (Å²) in [5.41, 5.74) is 0. The average molecular weight is 171 g/mol. The molecule has 70 valence electrons. The van der Waals surface area contributed by atoms with E-state index < -0.39 is 6.17 Å². The number of halogens is 1. The van der Waals surface area contributed by atoms with Crippen molar-refractivity contribution < 1.29 is 4.39 Å². The molecule has 1 nitrogen and oxygen atoms in total. The van der Waals surface area contributed by atoms with Crippen LogP contribution in [0.5, 0.6) is 0 Å². The number of fused-ring (bicyclic) bond motifs is 1. The Hall–Kier alpha value is -0.110. The van der Waals surface area contributed by atoms with Gasteiger partial charge in [0, 0.05) is 19.0 Å². The molecule has 0 aromatic carbocycles. The monoisotopic (exact) mass is 171 g/mol. The molecule has 2 aliphatic rings. The van der Waals surface area contributed by atoms with E-state index in [2.05, 4.69) is 11.8 Å². The van der Waals surface area contributed by atoms with Crippen LogP contribution in [0, 0.1) is 11.8 Å². The van der Waals surface area contributed by atoms with E-state index in [1.54, 1.807) is 0 Å². The maximum absolute atomic E-state index is 13.3. The molecule has 1 saturated carbocycles. The second-order valence-electron chi connectivity index (χ2n) is 4.28. The Kier molecular flexibility index (Phi) is 2.35. The first-order valence-electron chi connectivity index (χ1n) is 5.17. The number of rotatable bonds is 2.